The van der Waals surface area contributed by atoms with E-state index in [1.165, 1.54) is 4.90 Å². The van der Waals surface area contributed by atoms with Gasteiger partial charge in [0.05, 0.1) is 12.6 Å². The molecule has 0 saturated carbocycles. The van der Waals surface area contributed by atoms with Crippen molar-refractivity contribution in [3.05, 3.63) is 60.7 Å². The molecular formula is C24H31FNO5P. The largest absolute Gasteiger partial charge is 0.444 e. The maximum Gasteiger partial charge on any atom is 0.412 e. The summed E-state index contributed by atoms with van der Waals surface area (Å²) in [6.07, 6.45) is -2.50. The quantitative estimate of drug-likeness (QED) is 0.678. The Hall–Kier alpha value is -2.21. The van der Waals surface area contributed by atoms with Crippen LogP contribution in [0.1, 0.15) is 34.6 Å². The second-order valence-electron chi connectivity index (χ2n) is 9.37. The Labute approximate surface area is 188 Å². The highest BCUT2D eigenvalue weighted by atomic mass is 31.2. The Morgan fingerprint density at radius 3 is 2.03 bits per heavy atom. The van der Waals surface area contributed by atoms with Gasteiger partial charge in [0, 0.05) is 10.6 Å². The zero-order valence-corrected chi connectivity index (χ0v) is 20.0. The number of carbonyl (C=O) groups excluding carboxylic acids is 1. The Kier molecular flexibility index (Phi) is 6.85. The van der Waals surface area contributed by atoms with E-state index < -0.39 is 42.6 Å². The van der Waals surface area contributed by atoms with Gasteiger partial charge in [-0.2, -0.15) is 0 Å². The van der Waals surface area contributed by atoms with Crippen molar-refractivity contribution in [2.24, 2.45) is 0 Å². The van der Waals surface area contributed by atoms with Gasteiger partial charge >= 0.3 is 6.09 Å². The SMILES string of the molecule is CC(C)(C)OC(=O)N1C(C(O)C(F)P(=O)(c2ccccc2)c2ccccc2)COC1(C)C. The van der Waals surface area contributed by atoms with Crippen molar-refractivity contribution >= 4 is 23.8 Å². The van der Waals surface area contributed by atoms with Crippen LogP contribution in [-0.4, -0.2) is 52.1 Å². The Morgan fingerprint density at radius 1 is 1.12 bits per heavy atom. The summed E-state index contributed by atoms with van der Waals surface area (Å²) in [5.41, 5.74) is -1.92. The predicted molar refractivity (Wildman–Crippen MR) is 123 cm³/mol. The molecule has 0 spiro atoms. The minimum absolute atomic E-state index is 0.114. The molecule has 0 aliphatic carbocycles. The number of rotatable bonds is 5. The molecule has 8 heteroatoms. The number of hydrogen-bond donors (Lipinski definition) is 1. The lowest BCUT2D eigenvalue weighted by Crippen LogP contribution is -2.55. The number of nitrogens with zero attached hydrogens (tertiary/aromatic N) is 1. The molecule has 1 N–H and O–H groups in total. The van der Waals surface area contributed by atoms with Crippen LogP contribution in [0.25, 0.3) is 0 Å². The van der Waals surface area contributed by atoms with Gasteiger partial charge in [0.15, 0.2) is 13.1 Å². The van der Waals surface area contributed by atoms with Gasteiger partial charge < -0.3 is 19.1 Å². The van der Waals surface area contributed by atoms with Crippen molar-refractivity contribution in [2.75, 3.05) is 6.61 Å². The van der Waals surface area contributed by atoms with Crippen LogP contribution >= 0.6 is 7.14 Å². The number of aliphatic hydroxyl groups excluding tert-OH is 1. The molecule has 0 radical (unpaired) electrons. The molecule has 1 aliphatic rings. The summed E-state index contributed by atoms with van der Waals surface area (Å²) in [6, 6.07) is 15.5. The third-order valence-electron chi connectivity index (χ3n) is 5.41. The first-order valence-electron chi connectivity index (χ1n) is 10.6. The summed E-state index contributed by atoms with van der Waals surface area (Å²) < 4.78 is 41.6. The van der Waals surface area contributed by atoms with Crippen LogP contribution < -0.4 is 10.6 Å². The predicted octanol–water partition coefficient (Wildman–Crippen LogP) is 4.03. The molecule has 32 heavy (non-hydrogen) atoms. The lowest BCUT2D eigenvalue weighted by Gasteiger charge is -2.38. The monoisotopic (exact) mass is 463 g/mol. The number of carbonyl (C=O) groups is 1. The summed E-state index contributed by atoms with van der Waals surface area (Å²) in [5.74, 6) is -2.17. The third-order valence-corrected chi connectivity index (χ3v) is 8.54. The molecule has 0 aromatic heterocycles. The van der Waals surface area contributed by atoms with Crippen molar-refractivity contribution < 1.29 is 28.3 Å². The summed E-state index contributed by atoms with van der Waals surface area (Å²) in [7, 11) is -3.91. The van der Waals surface area contributed by atoms with E-state index in [9.17, 15) is 14.5 Å². The van der Waals surface area contributed by atoms with Crippen LogP contribution in [0.2, 0.25) is 0 Å². The lowest BCUT2D eigenvalue weighted by molar-refractivity contribution is -0.0694. The third kappa shape index (κ3) is 4.75. The molecule has 0 bridgehead atoms. The standard InChI is InChI=1S/C24H31FNO5P/c1-23(2,3)31-22(28)26-19(16-30-24(26,4)5)20(27)21(25)32(29,17-12-8-6-9-13-17)18-14-10-7-11-15-18/h6-15,19-21,27H,16H2,1-5H3. The molecular weight excluding hydrogens is 432 g/mol. The maximum absolute atomic E-state index is 16.1. The van der Waals surface area contributed by atoms with E-state index in [4.69, 9.17) is 9.47 Å². The fourth-order valence-electron chi connectivity index (χ4n) is 3.88. The zero-order valence-electron chi connectivity index (χ0n) is 19.1. The lowest BCUT2D eigenvalue weighted by atomic mass is 10.1. The first kappa shape index (κ1) is 24.4. The molecule has 3 unspecified atom stereocenters. The van der Waals surface area contributed by atoms with Gasteiger partial charge in [-0.1, -0.05) is 60.7 Å². The van der Waals surface area contributed by atoms with Gasteiger partial charge in [0.1, 0.15) is 17.4 Å². The second-order valence-corrected chi connectivity index (χ2v) is 12.2. The summed E-state index contributed by atoms with van der Waals surface area (Å²) in [6.45, 7) is 8.33. The van der Waals surface area contributed by atoms with Crippen molar-refractivity contribution in [3.8, 4) is 0 Å². The van der Waals surface area contributed by atoms with E-state index in [2.05, 4.69) is 0 Å². The number of halogens is 1. The smallest absolute Gasteiger partial charge is 0.412 e. The van der Waals surface area contributed by atoms with Crippen molar-refractivity contribution in [1.29, 1.82) is 0 Å². The van der Waals surface area contributed by atoms with Crippen LogP contribution in [0.4, 0.5) is 9.18 Å². The zero-order chi connectivity index (χ0) is 23.7. The van der Waals surface area contributed by atoms with E-state index in [0.29, 0.717) is 10.6 Å². The van der Waals surface area contributed by atoms with Crippen molar-refractivity contribution in [3.63, 3.8) is 0 Å². The van der Waals surface area contributed by atoms with Crippen LogP contribution in [0.15, 0.2) is 60.7 Å². The molecule has 1 heterocycles. The molecule has 1 amide bonds. The van der Waals surface area contributed by atoms with Gasteiger partial charge in [0.2, 0.25) is 0 Å². The number of alkyl halides is 1. The molecule has 1 fully saturated rings. The Morgan fingerprint density at radius 2 is 1.59 bits per heavy atom. The van der Waals surface area contributed by atoms with Crippen molar-refractivity contribution in [1.82, 2.24) is 4.90 Å². The van der Waals surface area contributed by atoms with Gasteiger partial charge in [0.25, 0.3) is 0 Å². The number of ether oxygens (including phenoxy) is 2. The number of amides is 1. The van der Waals surface area contributed by atoms with Crippen molar-refractivity contribution in [2.45, 2.75) is 64.0 Å². The molecule has 2 aromatic carbocycles. The molecule has 1 aliphatic heterocycles. The van der Waals surface area contributed by atoms with E-state index in [1.54, 1.807) is 95.3 Å². The minimum atomic E-state index is -3.91. The van der Waals surface area contributed by atoms with E-state index in [0.717, 1.165) is 0 Å². The molecule has 3 atom stereocenters. The van der Waals surface area contributed by atoms with E-state index >= 15 is 4.39 Å². The van der Waals surface area contributed by atoms with Gasteiger partial charge in [-0.3, -0.25) is 4.90 Å². The normalized spacial score (nSPS) is 20.6. The Balaban J connectivity index is 2.01. The average molecular weight is 463 g/mol. The first-order valence-corrected chi connectivity index (χ1v) is 12.3. The highest BCUT2D eigenvalue weighted by molar-refractivity contribution is 7.79. The highest BCUT2D eigenvalue weighted by Crippen LogP contribution is 2.52. The topological polar surface area (TPSA) is 76.1 Å². The van der Waals surface area contributed by atoms with E-state index in [-0.39, 0.29) is 6.61 Å². The fraction of sp³-hybridized carbons (Fsp3) is 0.458. The maximum atomic E-state index is 16.1. The van der Waals surface area contributed by atoms with Gasteiger partial charge in [-0.15, -0.1) is 0 Å². The number of hydrogen-bond acceptors (Lipinski definition) is 5. The molecule has 1 saturated heterocycles. The number of aliphatic hydroxyl groups is 1. The highest BCUT2D eigenvalue weighted by Gasteiger charge is 2.53. The molecule has 3 rings (SSSR count). The summed E-state index contributed by atoms with van der Waals surface area (Å²) >= 11 is 0. The number of benzene rings is 2. The summed E-state index contributed by atoms with van der Waals surface area (Å²) in [4.78, 5) is 14.1. The minimum Gasteiger partial charge on any atom is -0.444 e. The fourth-order valence-corrected chi connectivity index (χ4v) is 6.61. The Bertz CT molecular complexity index is 933. The second kappa shape index (κ2) is 8.97. The van der Waals surface area contributed by atoms with E-state index in [1.807, 2.05) is 0 Å². The summed E-state index contributed by atoms with van der Waals surface area (Å²) in [5, 5.41) is 11.7. The van der Waals surface area contributed by atoms with Gasteiger partial charge in [-0.05, 0) is 34.6 Å². The van der Waals surface area contributed by atoms with Crippen LogP contribution in [-0.2, 0) is 14.0 Å². The van der Waals surface area contributed by atoms with Crippen LogP contribution in [0.3, 0.4) is 0 Å². The van der Waals surface area contributed by atoms with Crippen LogP contribution in [0.5, 0.6) is 0 Å². The molecule has 2 aromatic rings. The van der Waals surface area contributed by atoms with Crippen LogP contribution in [0, 0.1) is 0 Å². The molecule has 6 nitrogen and oxygen atoms in total. The first-order chi connectivity index (χ1) is 14.9. The molecule has 174 valence electrons. The van der Waals surface area contributed by atoms with Gasteiger partial charge in [-0.25, -0.2) is 9.18 Å². The average Bonchev–Trinajstić information content (AvgIpc) is 3.07.